The number of hydrogen-bond acceptors (Lipinski definition) is 4. The number of carbonyl (C=O) groups excluding carboxylic acids is 1. The van der Waals surface area contributed by atoms with Crippen molar-refractivity contribution in [1.82, 2.24) is 4.98 Å². The van der Waals surface area contributed by atoms with Crippen LogP contribution >= 0.6 is 0 Å². The highest BCUT2D eigenvalue weighted by molar-refractivity contribution is 5.80. The van der Waals surface area contributed by atoms with Gasteiger partial charge < -0.3 is 9.84 Å². The summed E-state index contributed by atoms with van der Waals surface area (Å²) in [6, 6.07) is 10.3. The highest BCUT2D eigenvalue weighted by Gasteiger charge is 2.61. The van der Waals surface area contributed by atoms with Crippen molar-refractivity contribution >= 4 is 12.0 Å². The smallest absolute Gasteiger partial charge is 0.315 e. The summed E-state index contributed by atoms with van der Waals surface area (Å²) in [6.07, 6.45) is 6.27. The number of rotatable bonds is 4. The summed E-state index contributed by atoms with van der Waals surface area (Å²) in [6.45, 7) is 6.09. The third kappa shape index (κ3) is 3.45. The van der Waals surface area contributed by atoms with E-state index in [0.29, 0.717) is 18.3 Å². The van der Waals surface area contributed by atoms with Crippen molar-refractivity contribution in [3.8, 4) is 11.1 Å². The lowest BCUT2D eigenvalue weighted by molar-refractivity contribution is -0.153. The Morgan fingerprint density at radius 3 is 2.70 bits per heavy atom. The van der Waals surface area contributed by atoms with E-state index in [0.717, 1.165) is 16.8 Å². The molecule has 2 aliphatic rings. The second kappa shape index (κ2) is 7.95. The maximum Gasteiger partial charge on any atom is 0.315 e. The maximum absolute atomic E-state index is 13.5. The van der Waals surface area contributed by atoms with E-state index in [9.17, 15) is 14.3 Å². The van der Waals surface area contributed by atoms with Crippen LogP contribution in [0.5, 0.6) is 0 Å². The zero-order chi connectivity index (χ0) is 21.5. The first-order valence-corrected chi connectivity index (χ1v) is 10.6. The van der Waals surface area contributed by atoms with Crippen molar-refractivity contribution in [1.29, 1.82) is 0 Å². The summed E-state index contributed by atoms with van der Waals surface area (Å²) in [5, 5.41) is 10.1. The second-order valence-electron chi connectivity index (χ2n) is 8.91. The molecule has 1 saturated heterocycles. The van der Waals surface area contributed by atoms with Crippen LogP contribution in [0.3, 0.4) is 0 Å². The molecule has 0 amide bonds. The quantitative estimate of drug-likeness (QED) is 0.742. The van der Waals surface area contributed by atoms with Crippen molar-refractivity contribution in [2.24, 2.45) is 29.1 Å². The number of aliphatic hydroxyl groups is 1. The lowest BCUT2D eigenvalue weighted by atomic mass is 9.55. The van der Waals surface area contributed by atoms with Gasteiger partial charge in [0.15, 0.2) is 0 Å². The molecule has 1 aromatic heterocycles. The molecule has 0 bridgehead atoms. The van der Waals surface area contributed by atoms with E-state index in [1.165, 1.54) is 12.1 Å². The Morgan fingerprint density at radius 2 is 2.03 bits per heavy atom. The molecular weight excluding hydrogens is 381 g/mol. The Labute approximate surface area is 176 Å². The fourth-order valence-corrected chi connectivity index (χ4v) is 5.39. The van der Waals surface area contributed by atoms with E-state index >= 15 is 0 Å². The van der Waals surface area contributed by atoms with Gasteiger partial charge in [-0.1, -0.05) is 38.1 Å². The summed E-state index contributed by atoms with van der Waals surface area (Å²) < 4.78 is 19.0. The molecule has 1 aliphatic heterocycles. The number of pyridine rings is 1. The number of carbonyl (C=O) groups is 1. The average Bonchev–Trinajstić information content (AvgIpc) is 2.98. The van der Waals surface area contributed by atoms with Crippen LogP contribution in [0.2, 0.25) is 0 Å². The highest BCUT2D eigenvalue weighted by Crippen LogP contribution is 2.56. The molecule has 1 aliphatic carbocycles. The number of benzene rings is 1. The van der Waals surface area contributed by atoms with E-state index in [4.69, 9.17) is 4.74 Å². The summed E-state index contributed by atoms with van der Waals surface area (Å²) >= 11 is 0. The van der Waals surface area contributed by atoms with Gasteiger partial charge in [0.25, 0.3) is 0 Å². The number of nitrogens with zero attached hydrogens (tertiary/aromatic N) is 1. The van der Waals surface area contributed by atoms with Crippen molar-refractivity contribution < 1.29 is 19.0 Å². The number of esters is 1. The minimum absolute atomic E-state index is 0.0518. The normalized spacial score (nSPS) is 33.5. The van der Waals surface area contributed by atoms with Crippen molar-refractivity contribution in [2.45, 2.75) is 33.3 Å². The van der Waals surface area contributed by atoms with E-state index in [-0.39, 0.29) is 36.3 Å². The third-order valence-electron chi connectivity index (χ3n) is 7.16. The van der Waals surface area contributed by atoms with Gasteiger partial charge in [-0.25, -0.2) is 4.39 Å². The van der Waals surface area contributed by atoms with Crippen LogP contribution in [-0.2, 0) is 9.53 Å². The van der Waals surface area contributed by atoms with Gasteiger partial charge in [0.2, 0.25) is 0 Å². The molecule has 1 N–H and O–H groups in total. The van der Waals surface area contributed by atoms with Gasteiger partial charge in [0, 0.05) is 17.7 Å². The standard InChI is InChI=1S/C25H28FNO3/c1-15-12-25(14-28)23(17(3)30-24(25)29)22(16(15)2)10-9-21-8-7-19(13-27-21)18-5-4-6-20(26)11-18/h4-11,13,15-17,22-23,28H,12,14H2,1-3H3/b10-9+/t15-,16+,17+,22-,23-,25-/m0/s1. The molecule has 1 saturated carbocycles. The molecule has 158 valence electrons. The summed E-state index contributed by atoms with van der Waals surface area (Å²) in [5.41, 5.74) is 1.63. The Morgan fingerprint density at radius 1 is 1.23 bits per heavy atom. The SMILES string of the molecule is C[C@H]1[C@H](/C=C/c2ccc(-c3cccc(F)c3)cn2)[C@@H]2[C@@H](C)OC(=O)[C@]2(CO)C[C@@H]1C. The minimum Gasteiger partial charge on any atom is -0.462 e. The minimum atomic E-state index is -0.810. The fraction of sp³-hybridized carbons (Fsp3) is 0.440. The van der Waals surface area contributed by atoms with E-state index in [1.54, 1.807) is 12.3 Å². The van der Waals surface area contributed by atoms with E-state index in [1.807, 2.05) is 31.2 Å². The van der Waals surface area contributed by atoms with Crippen molar-refractivity contribution in [3.05, 3.63) is 60.2 Å². The van der Waals surface area contributed by atoms with Crippen LogP contribution in [0.15, 0.2) is 48.7 Å². The number of hydrogen-bond donors (Lipinski definition) is 1. The number of cyclic esters (lactones) is 1. The van der Waals surface area contributed by atoms with Crippen molar-refractivity contribution in [2.75, 3.05) is 6.61 Å². The Bertz CT molecular complexity index is 957. The van der Waals surface area contributed by atoms with E-state index < -0.39 is 5.41 Å². The molecule has 0 spiro atoms. The monoisotopic (exact) mass is 409 g/mol. The predicted molar refractivity (Wildman–Crippen MR) is 114 cm³/mol. The number of aromatic nitrogens is 1. The van der Waals surface area contributed by atoms with Gasteiger partial charge in [-0.3, -0.25) is 9.78 Å². The van der Waals surface area contributed by atoms with Crippen molar-refractivity contribution in [3.63, 3.8) is 0 Å². The number of halogens is 1. The fourth-order valence-electron chi connectivity index (χ4n) is 5.39. The molecule has 1 aromatic carbocycles. The van der Waals surface area contributed by atoms with Crippen LogP contribution in [0.25, 0.3) is 17.2 Å². The Hall–Kier alpha value is -2.53. The molecule has 5 heteroatoms. The zero-order valence-electron chi connectivity index (χ0n) is 17.6. The molecule has 2 heterocycles. The summed E-state index contributed by atoms with van der Waals surface area (Å²) in [4.78, 5) is 17.1. The van der Waals surface area contributed by atoms with Crippen LogP contribution in [0.1, 0.15) is 32.9 Å². The lowest BCUT2D eigenvalue weighted by Crippen LogP contribution is -2.49. The molecule has 0 unspecified atom stereocenters. The van der Waals surface area contributed by atoms with Gasteiger partial charge >= 0.3 is 5.97 Å². The molecule has 30 heavy (non-hydrogen) atoms. The lowest BCUT2D eigenvalue weighted by Gasteiger charge is -2.46. The third-order valence-corrected chi connectivity index (χ3v) is 7.16. The van der Waals surface area contributed by atoms with Gasteiger partial charge in [0.1, 0.15) is 11.9 Å². The summed E-state index contributed by atoms with van der Waals surface area (Å²) in [5.74, 6) is 0.165. The average molecular weight is 410 g/mol. The number of aliphatic hydroxyl groups excluding tert-OH is 1. The van der Waals surface area contributed by atoms with Crippen LogP contribution in [0, 0.1) is 34.9 Å². The Balaban J connectivity index is 1.60. The number of allylic oxidation sites excluding steroid dienone is 1. The van der Waals surface area contributed by atoms with Crippen LogP contribution in [-0.4, -0.2) is 28.8 Å². The molecule has 6 atom stereocenters. The first-order valence-electron chi connectivity index (χ1n) is 10.6. The summed E-state index contributed by atoms with van der Waals surface area (Å²) in [7, 11) is 0. The van der Waals surface area contributed by atoms with E-state index in [2.05, 4.69) is 24.9 Å². The topological polar surface area (TPSA) is 59.4 Å². The first kappa shape index (κ1) is 20.7. The highest BCUT2D eigenvalue weighted by atomic mass is 19.1. The zero-order valence-corrected chi connectivity index (χ0v) is 17.6. The van der Waals surface area contributed by atoms with Gasteiger partial charge in [-0.05, 0) is 60.9 Å². The molecule has 2 fully saturated rings. The molecule has 4 rings (SSSR count). The van der Waals surface area contributed by atoms with Crippen LogP contribution < -0.4 is 0 Å². The number of ether oxygens (including phenoxy) is 1. The molecule has 4 nitrogen and oxygen atoms in total. The number of fused-ring (bicyclic) bond motifs is 1. The maximum atomic E-state index is 13.5. The first-order chi connectivity index (χ1) is 14.4. The molecular formula is C25H28FNO3. The largest absolute Gasteiger partial charge is 0.462 e. The van der Waals surface area contributed by atoms with Gasteiger partial charge in [0.05, 0.1) is 17.7 Å². The predicted octanol–water partition coefficient (Wildman–Crippen LogP) is 4.73. The molecule has 0 radical (unpaired) electrons. The van der Waals surface area contributed by atoms with Crippen LogP contribution in [0.4, 0.5) is 4.39 Å². The second-order valence-corrected chi connectivity index (χ2v) is 8.91. The van der Waals surface area contributed by atoms with Gasteiger partial charge in [-0.15, -0.1) is 0 Å². The molecule has 2 aromatic rings. The van der Waals surface area contributed by atoms with Gasteiger partial charge in [-0.2, -0.15) is 0 Å². The Kier molecular flexibility index (Phi) is 5.49.